The number of carbonyl (C=O) groups is 2. The molecule has 2 amide bonds. The summed E-state index contributed by atoms with van der Waals surface area (Å²) in [5.41, 5.74) is 3.81. The van der Waals surface area contributed by atoms with Crippen molar-refractivity contribution in [2.45, 2.75) is 49.3 Å². The first-order chi connectivity index (χ1) is 19.0. The van der Waals surface area contributed by atoms with Gasteiger partial charge >= 0.3 is 0 Å². The molecule has 0 unspecified atom stereocenters. The number of fused-ring (bicyclic) bond motifs is 5. The van der Waals surface area contributed by atoms with Gasteiger partial charge < -0.3 is 24.0 Å². The lowest BCUT2D eigenvalue weighted by molar-refractivity contribution is -0.145. The average Bonchev–Trinajstić information content (AvgIpc) is 3.10. The van der Waals surface area contributed by atoms with Crippen molar-refractivity contribution in [2.24, 2.45) is 11.8 Å². The highest BCUT2D eigenvalue weighted by Gasteiger charge is 2.69. The van der Waals surface area contributed by atoms with Crippen molar-refractivity contribution in [3.05, 3.63) is 65.2 Å². The molecule has 7 nitrogen and oxygen atoms in total. The van der Waals surface area contributed by atoms with Crippen molar-refractivity contribution in [3.63, 3.8) is 0 Å². The van der Waals surface area contributed by atoms with Gasteiger partial charge in [-0.25, -0.2) is 0 Å². The summed E-state index contributed by atoms with van der Waals surface area (Å²) in [4.78, 5) is 32.2. The number of alkyl halides is 1. The van der Waals surface area contributed by atoms with Gasteiger partial charge in [0.1, 0.15) is 0 Å². The molecule has 4 heterocycles. The van der Waals surface area contributed by atoms with E-state index in [0.29, 0.717) is 37.5 Å². The molecule has 0 aromatic heterocycles. The minimum Gasteiger partial charge on any atom is -0.493 e. The zero-order chi connectivity index (χ0) is 26.9. The van der Waals surface area contributed by atoms with Gasteiger partial charge in [0.2, 0.25) is 11.8 Å². The van der Waals surface area contributed by atoms with Crippen molar-refractivity contribution in [2.75, 3.05) is 37.6 Å². The van der Waals surface area contributed by atoms with E-state index < -0.39 is 5.41 Å². The minimum atomic E-state index is -0.459. The Kier molecular flexibility index (Phi) is 6.04. The summed E-state index contributed by atoms with van der Waals surface area (Å²) in [5, 5.41) is 0.752. The molecule has 1 saturated carbocycles. The van der Waals surface area contributed by atoms with Crippen LogP contribution in [-0.2, 0) is 26.2 Å². The number of ether oxygens (including phenoxy) is 3. The molecule has 39 heavy (non-hydrogen) atoms. The normalized spacial score (nSPS) is 31.8. The maximum absolute atomic E-state index is 14.1. The van der Waals surface area contributed by atoms with Crippen LogP contribution in [0.25, 0.3) is 0 Å². The number of benzene rings is 2. The van der Waals surface area contributed by atoms with Gasteiger partial charge in [0.25, 0.3) is 0 Å². The lowest BCUT2D eigenvalue weighted by Crippen LogP contribution is -2.72. The van der Waals surface area contributed by atoms with Gasteiger partial charge in [-0.05, 0) is 41.5 Å². The number of hydrogen-bond donors (Lipinski definition) is 0. The Morgan fingerprint density at radius 2 is 1.92 bits per heavy atom. The molecule has 6 atom stereocenters. The smallest absolute Gasteiger partial charge is 0.229 e. The maximum atomic E-state index is 14.1. The maximum Gasteiger partial charge on any atom is 0.229 e. The molecule has 5 aliphatic rings. The fourth-order valence-corrected chi connectivity index (χ4v) is 9.15. The topological polar surface area (TPSA) is 68.3 Å². The number of anilines is 1. The van der Waals surface area contributed by atoms with E-state index in [1.807, 2.05) is 41.3 Å². The van der Waals surface area contributed by atoms with E-state index in [4.69, 9.17) is 14.2 Å². The molecule has 4 aliphatic heterocycles. The predicted octanol–water partition coefficient (Wildman–Crippen LogP) is 4.26. The van der Waals surface area contributed by atoms with E-state index in [2.05, 4.69) is 33.0 Å². The van der Waals surface area contributed by atoms with Crippen molar-refractivity contribution < 1.29 is 23.8 Å². The number of methoxy groups -OCH3 is 2. The summed E-state index contributed by atoms with van der Waals surface area (Å²) in [6.07, 6.45) is 4.45. The van der Waals surface area contributed by atoms with Crippen LogP contribution >= 0.6 is 15.9 Å². The van der Waals surface area contributed by atoms with Crippen LogP contribution in [0.2, 0.25) is 0 Å². The van der Waals surface area contributed by atoms with Crippen LogP contribution < -0.4 is 14.4 Å². The molecule has 2 aromatic carbocycles. The van der Waals surface area contributed by atoms with Crippen molar-refractivity contribution in [1.82, 2.24) is 4.90 Å². The second kappa shape index (κ2) is 9.37. The summed E-state index contributed by atoms with van der Waals surface area (Å²) < 4.78 is 17.9. The largest absolute Gasteiger partial charge is 0.493 e. The Labute approximate surface area is 237 Å². The molecule has 0 radical (unpaired) electrons. The molecule has 8 heteroatoms. The number of amides is 2. The molecule has 2 saturated heterocycles. The standard InChI is InChI=1S/C31H33BrN2O5/c1-37-23-14-21-22(15-24(23)38-2)34-28(36)16-25-29-20-13-26(31(21,9-10-32)30(29)34)33(17-19(20)8-11-39-25)27(35)12-18-6-4-3-5-7-18/h3-8,14-15,20,25-26,29-30H,9-13,16-17H2,1-2H3/t20-,25+,26-,29+,30+,31-/m0/s1. The van der Waals surface area contributed by atoms with Gasteiger partial charge in [0.15, 0.2) is 11.5 Å². The Morgan fingerprint density at radius 3 is 2.67 bits per heavy atom. The van der Waals surface area contributed by atoms with Crippen LogP contribution in [-0.4, -0.2) is 67.6 Å². The summed E-state index contributed by atoms with van der Waals surface area (Å²) in [6, 6.07) is 13.9. The third-order valence-electron chi connectivity index (χ3n) is 9.93. The molecule has 0 N–H and O–H groups in total. The van der Waals surface area contributed by atoms with E-state index in [1.54, 1.807) is 14.2 Å². The first-order valence-electron chi connectivity index (χ1n) is 13.8. The number of carbonyl (C=O) groups excluding carboxylic acids is 2. The molecule has 2 bridgehead atoms. The van der Waals surface area contributed by atoms with E-state index >= 15 is 0 Å². The second-order valence-electron chi connectivity index (χ2n) is 11.4. The van der Waals surface area contributed by atoms with Crippen LogP contribution in [0, 0.1) is 11.8 Å². The van der Waals surface area contributed by atoms with Gasteiger partial charge in [-0.1, -0.05) is 52.3 Å². The summed E-state index contributed by atoms with van der Waals surface area (Å²) in [6.45, 7) is 1.10. The molecular formula is C31H33BrN2O5. The van der Waals surface area contributed by atoms with Gasteiger partial charge in [-0.3, -0.25) is 9.59 Å². The predicted molar refractivity (Wildman–Crippen MR) is 151 cm³/mol. The zero-order valence-electron chi connectivity index (χ0n) is 22.3. The van der Waals surface area contributed by atoms with Crippen LogP contribution in [0.5, 0.6) is 11.5 Å². The van der Waals surface area contributed by atoms with Crippen LogP contribution in [0.1, 0.15) is 30.4 Å². The Hall–Kier alpha value is -2.84. The fourth-order valence-electron chi connectivity index (χ4n) is 8.49. The molecule has 1 aliphatic carbocycles. The van der Waals surface area contributed by atoms with E-state index in [9.17, 15) is 9.59 Å². The van der Waals surface area contributed by atoms with Gasteiger partial charge in [-0.15, -0.1) is 0 Å². The van der Waals surface area contributed by atoms with Crippen molar-refractivity contribution in [3.8, 4) is 11.5 Å². The lowest BCUT2D eigenvalue weighted by Gasteiger charge is -2.62. The van der Waals surface area contributed by atoms with Gasteiger partial charge in [0.05, 0.1) is 51.5 Å². The van der Waals surface area contributed by atoms with E-state index in [1.165, 1.54) is 5.57 Å². The molecule has 2 aromatic rings. The minimum absolute atomic E-state index is 0.0545. The molecule has 3 fully saturated rings. The third-order valence-corrected chi connectivity index (χ3v) is 10.3. The summed E-state index contributed by atoms with van der Waals surface area (Å²) >= 11 is 3.78. The molecule has 204 valence electrons. The summed E-state index contributed by atoms with van der Waals surface area (Å²) in [5.74, 6) is 1.91. The Morgan fingerprint density at radius 1 is 1.15 bits per heavy atom. The number of nitrogens with zero attached hydrogens (tertiary/aromatic N) is 2. The molecular weight excluding hydrogens is 560 g/mol. The highest BCUT2D eigenvalue weighted by atomic mass is 79.9. The van der Waals surface area contributed by atoms with Crippen molar-refractivity contribution >= 4 is 33.4 Å². The SMILES string of the molecule is COc1cc2c(cc1OC)[C@@]1(CCBr)[C@@H]3C[C@H]4C(=CCO[C@@H]5CC(=O)N2[C@@H]1[C@@H]54)CN3C(=O)Cc1ccccc1. The number of piperidine rings is 2. The highest BCUT2D eigenvalue weighted by Crippen LogP contribution is 2.65. The average molecular weight is 594 g/mol. The lowest BCUT2D eigenvalue weighted by atomic mass is 9.51. The monoisotopic (exact) mass is 592 g/mol. The van der Waals surface area contributed by atoms with Crippen LogP contribution in [0.15, 0.2) is 54.1 Å². The second-order valence-corrected chi connectivity index (χ2v) is 12.2. The highest BCUT2D eigenvalue weighted by molar-refractivity contribution is 9.09. The van der Waals surface area contributed by atoms with Gasteiger partial charge in [-0.2, -0.15) is 0 Å². The molecule has 0 spiro atoms. The summed E-state index contributed by atoms with van der Waals surface area (Å²) in [7, 11) is 3.27. The van der Waals surface area contributed by atoms with E-state index in [-0.39, 0.29) is 41.8 Å². The van der Waals surface area contributed by atoms with Crippen molar-refractivity contribution in [1.29, 1.82) is 0 Å². The fraction of sp³-hybridized carbons (Fsp3) is 0.484. The third kappa shape index (κ3) is 3.50. The number of likely N-dealkylation sites (tertiary alicyclic amines) is 1. The molecule has 7 rings (SSSR count). The Bertz CT molecular complexity index is 1360. The van der Waals surface area contributed by atoms with Crippen LogP contribution in [0.4, 0.5) is 5.69 Å². The first kappa shape index (κ1) is 25.1. The number of halogens is 1. The number of hydrogen-bond acceptors (Lipinski definition) is 5. The van der Waals surface area contributed by atoms with Crippen LogP contribution in [0.3, 0.4) is 0 Å². The first-order valence-corrected chi connectivity index (χ1v) is 14.9. The van der Waals surface area contributed by atoms with E-state index in [0.717, 1.165) is 35.0 Å². The Balaban J connectivity index is 1.44. The quantitative estimate of drug-likeness (QED) is 0.370. The number of rotatable bonds is 6. The van der Waals surface area contributed by atoms with Gasteiger partial charge in [0, 0.05) is 35.3 Å². The zero-order valence-corrected chi connectivity index (χ0v) is 23.9.